The van der Waals surface area contributed by atoms with Gasteiger partial charge in [0.25, 0.3) is 5.91 Å². The molecule has 1 aromatic carbocycles. The van der Waals surface area contributed by atoms with Crippen LogP contribution < -0.4 is 5.32 Å². The van der Waals surface area contributed by atoms with Crippen LogP contribution >= 0.6 is 11.3 Å². The fourth-order valence-electron chi connectivity index (χ4n) is 3.59. The van der Waals surface area contributed by atoms with E-state index in [2.05, 4.69) is 10.3 Å². The topological polar surface area (TPSA) is 62.3 Å². The molecule has 3 aromatic rings. The van der Waals surface area contributed by atoms with Crippen LogP contribution in [-0.4, -0.2) is 34.8 Å². The molecule has 4 rings (SSSR count). The molecule has 6 heteroatoms. The summed E-state index contributed by atoms with van der Waals surface area (Å²) in [7, 11) is 0. The molecule has 0 radical (unpaired) electrons. The minimum absolute atomic E-state index is 0.0208. The first-order chi connectivity index (χ1) is 13.1. The maximum absolute atomic E-state index is 12.9. The minimum atomic E-state index is -0.198. The number of hydrogen-bond donors (Lipinski definition) is 1. The van der Waals surface area contributed by atoms with E-state index in [0.29, 0.717) is 13.1 Å². The summed E-state index contributed by atoms with van der Waals surface area (Å²) in [5.41, 5.74) is 2.75. The van der Waals surface area contributed by atoms with E-state index in [1.54, 1.807) is 11.1 Å². The van der Waals surface area contributed by atoms with Crippen molar-refractivity contribution in [1.82, 2.24) is 9.88 Å². The first-order valence-corrected chi connectivity index (χ1v) is 9.99. The molecule has 27 heavy (non-hydrogen) atoms. The van der Waals surface area contributed by atoms with Gasteiger partial charge in [0.15, 0.2) is 0 Å². The number of pyridine rings is 1. The Morgan fingerprint density at radius 3 is 2.93 bits per heavy atom. The Morgan fingerprint density at radius 2 is 2.11 bits per heavy atom. The maximum atomic E-state index is 12.9. The van der Waals surface area contributed by atoms with E-state index in [4.69, 9.17) is 0 Å². The summed E-state index contributed by atoms with van der Waals surface area (Å²) in [5, 5.41) is 5.90. The monoisotopic (exact) mass is 379 g/mol. The van der Waals surface area contributed by atoms with Gasteiger partial charge >= 0.3 is 0 Å². The van der Waals surface area contributed by atoms with Gasteiger partial charge < -0.3 is 10.2 Å². The number of thiophene rings is 1. The number of piperidine rings is 1. The number of nitrogens with one attached hydrogen (secondary N) is 1. The molecule has 1 fully saturated rings. The Kier molecular flexibility index (Phi) is 4.90. The van der Waals surface area contributed by atoms with Gasteiger partial charge in [0, 0.05) is 24.7 Å². The molecule has 0 spiro atoms. The predicted octanol–water partition coefficient (Wildman–Crippen LogP) is 4.10. The van der Waals surface area contributed by atoms with E-state index in [1.807, 2.05) is 48.7 Å². The number of aryl methyl sites for hydroxylation is 1. The summed E-state index contributed by atoms with van der Waals surface area (Å²) in [6.45, 7) is 3.18. The Hall–Kier alpha value is -2.73. The molecule has 2 amide bonds. The smallest absolute Gasteiger partial charge is 0.263 e. The molecular formula is C21H21N3O2S. The first kappa shape index (κ1) is 17.7. The van der Waals surface area contributed by atoms with Crippen LogP contribution in [0.25, 0.3) is 10.9 Å². The molecule has 0 bridgehead atoms. The lowest BCUT2D eigenvalue weighted by atomic mass is 9.96. The van der Waals surface area contributed by atoms with Gasteiger partial charge in [-0.3, -0.25) is 14.6 Å². The van der Waals surface area contributed by atoms with Gasteiger partial charge in [0.05, 0.1) is 22.0 Å². The number of amides is 2. The van der Waals surface area contributed by atoms with Crippen molar-refractivity contribution >= 4 is 39.7 Å². The molecular weight excluding hydrogens is 358 g/mol. The number of anilines is 1. The van der Waals surface area contributed by atoms with E-state index in [1.165, 1.54) is 11.3 Å². The summed E-state index contributed by atoms with van der Waals surface area (Å²) in [6, 6.07) is 11.5. The molecule has 1 atom stereocenters. The number of benzene rings is 1. The number of carbonyl (C=O) groups is 2. The van der Waals surface area contributed by atoms with Crippen molar-refractivity contribution in [2.24, 2.45) is 5.92 Å². The lowest BCUT2D eigenvalue weighted by Crippen LogP contribution is -2.43. The molecule has 138 valence electrons. The number of nitrogens with zero attached hydrogens (tertiary/aromatic N) is 2. The SMILES string of the molecule is Cc1ccc(NC(=O)C2CCCN(C(=O)c3cccs3)C2)c2cccnc12. The number of aromatic nitrogens is 1. The number of hydrogen-bond acceptors (Lipinski definition) is 4. The van der Waals surface area contributed by atoms with Gasteiger partial charge in [-0.05, 0) is 55.0 Å². The van der Waals surface area contributed by atoms with Gasteiger partial charge in [0.1, 0.15) is 0 Å². The highest BCUT2D eigenvalue weighted by Gasteiger charge is 2.29. The molecule has 0 aliphatic carbocycles. The van der Waals surface area contributed by atoms with Crippen LogP contribution in [0, 0.1) is 12.8 Å². The van der Waals surface area contributed by atoms with E-state index in [-0.39, 0.29) is 17.7 Å². The third-order valence-corrected chi connectivity index (χ3v) is 5.90. The fourth-order valence-corrected chi connectivity index (χ4v) is 4.28. The average Bonchev–Trinajstić information content (AvgIpc) is 3.24. The summed E-state index contributed by atoms with van der Waals surface area (Å²) in [4.78, 5) is 32.4. The molecule has 2 aromatic heterocycles. The van der Waals surface area contributed by atoms with Crippen LogP contribution in [0.3, 0.4) is 0 Å². The first-order valence-electron chi connectivity index (χ1n) is 9.11. The Morgan fingerprint density at radius 1 is 1.22 bits per heavy atom. The van der Waals surface area contributed by atoms with Crippen molar-refractivity contribution in [2.45, 2.75) is 19.8 Å². The van der Waals surface area contributed by atoms with E-state index >= 15 is 0 Å². The highest BCUT2D eigenvalue weighted by molar-refractivity contribution is 7.12. The van der Waals surface area contributed by atoms with Crippen LogP contribution in [0.1, 0.15) is 28.1 Å². The summed E-state index contributed by atoms with van der Waals surface area (Å²) in [6.07, 6.45) is 3.39. The molecule has 3 heterocycles. The highest BCUT2D eigenvalue weighted by Crippen LogP contribution is 2.27. The number of fused-ring (bicyclic) bond motifs is 1. The largest absolute Gasteiger partial charge is 0.337 e. The zero-order valence-corrected chi connectivity index (χ0v) is 16.0. The van der Waals surface area contributed by atoms with Crippen LogP contribution in [0.5, 0.6) is 0 Å². The average molecular weight is 379 g/mol. The van der Waals surface area contributed by atoms with Crippen LogP contribution in [0.15, 0.2) is 48.0 Å². The van der Waals surface area contributed by atoms with Crippen LogP contribution in [0.4, 0.5) is 5.69 Å². The lowest BCUT2D eigenvalue weighted by molar-refractivity contribution is -0.121. The van der Waals surface area contributed by atoms with Gasteiger partial charge in [-0.1, -0.05) is 12.1 Å². The van der Waals surface area contributed by atoms with Crippen molar-refractivity contribution in [3.63, 3.8) is 0 Å². The van der Waals surface area contributed by atoms with Crippen molar-refractivity contribution in [3.05, 3.63) is 58.4 Å². The Labute approximate surface area is 162 Å². The second kappa shape index (κ2) is 7.48. The van der Waals surface area contributed by atoms with Gasteiger partial charge in [0.2, 0.25) is 5.91 Å². The second-order valence-electron chi connectivity index (χ2n) is 6.89. The third-order valence-electron chi connectivity index (χ3n) is 5.04. The van der Waals surface area contributed by atoms with Gasteiger partial charge in [-0.15, -0.1) is 11.3 Å². The standard InChI is InChI=1S/C21H21N3O2S/c1-14-8-9-17(16-6-2-10-22-19(14)16)23-20(25)15-5-3-11-24(13-15)21(26)18-7-4-12-27-18/h2,4,6-10,12,15H,3,5,11,13H2,1H3,(H,23,25). The molecule has 0 saturated carbocycles. The normalized spacial score (nSPS) is 17.1. The Bertz CT molecular complexity index is 984. The minimum Gasteiger partial charge on any atom is -0.337 e. The molecule has 5 nitrogen and oxygen atoms in total. The summed E-state index contributed by atoms with van der Waals surface area (Å²) < 4.78 is 0. The van der Waals surface area contributed by atoms with Crippen molar-refractivity contribution in [1.29, 1.82) is 0 Å². The molecule has 1 aliphatic heterocycles. The molecule has 1 saturated heterocycles. The predicted molar refractivity (Wildman–Crippen MR) is 108 cm³/mol. The van der Waals surface area contributed by atoms with Gasteiger partial charge in [-0.25, -0.2) is 0 Å². The Balaban J connectivity index is 1.50. The number of carbonyl (C=O) groups excluding carboxylic acids is 2. The van der Waals surface area contributed by atoms with Crippen LogP contribution in [0.2, 0.25) is 0 Å². The lowest BCUT2D eigenvalue weighted by Gasteiger charge is -2.31. The van der Waals surface area contributed by atoms with E-state index in [9.17, 15) is 9.59 Å². The molecule has 1 aliphatic rings. The van der Waals surface area contributed by atoms with E-state index < -0.39 is 0 Å². The third kappa shape index (κ3) is 3.57. The van der Waals surface area contributed by atoms with E-state index in [0.717, 1.165) is 39.9 Å². The molecule has 1 unspecified atom stereocenters. The van der Waals surface area contributed by atoms with Crippen molar-refractivity contribution in [3.8, 4) is 0 Å². The maximum Gasteiger partial charge on any atom is 0.263 e. The van der Waals surface area contributed by atoms with Crippen molar-refractivity contribution < 1.29 is 9.59 Å². The summed E-state index contributed by atoms with van der Waals surface area (Å²) in [5.74, 6) is -0.212. The van der Waals surface area contributed by atoms with Crippen molar-refractivity contribution in [2.75, 3.05) is 18.4 Å². The quantitative estimate of drug-likeness (QED) is 0.745. The summed E-state index contributed by atoms with van der Waals surface area (Å²) >= 11 is 1.44. The molecule has 1 N–H and O–H groups in total. The number of rotatable bonds is 3. The number of likely N-dealkylation sites (tertiary alicyclic amines) is 1. The highest BCUT2D eigenvalue weighted by atomic mass is 32.1. The van der Waals surface area contributed by atoms with Gasteiger partial charge in [-0.2, -0.15) is 0 Å². The van der Waals surface area contributed by atoms with Crippen LogP contribution in [-0.2, 0) is 4.79 Å². The fraction of sp³-hybridized carbons (Fsp3) is 0.286. The zero-order valence-electron chi connectivity index (χ0n) is 15.1. The second-order valence-corrected chi connectivity index (χ2v) is 7.83. The zero-order chi connectivity index (χ0) is 18.8.